The second kappa shape index (κ2) is 6.68. The van der Waals surface area contributed by atoms with Gasteiger partial charge in [0.05, 0.1) is 18.4 Å². The van der Waals surface area contributed by atoms with Crippen LogP contribution < -0.4 is 10.1 Å². The Morgan fingerprint density at radius 3 is 2.70 bits per heavy atom. The zero-order chi connectivity index (χ0) is 14.5. The maximum Gasteiger partial charge on any atom is 0.259 e. The molecule has 104 valence electrons. The fraction of sp³-hybridized carbons (Fsp3) is 0.133. The lowest BCUT2D eigenvalue weighted by molar-refractivity contribution is 0.102. The van der Waals surface area contributed by atoms with E-state index in [0.29, 0.717) is 16.3 Å². The lowest BCUT2D eigenvalue weighted by Crippen LogP contribution is -2.13. The summed E-state index contributed by atoms with van der Waals surface area (Å²) in [5, 5.41) is 3.38. The number of amides is 1. The van der Waals surface area contributed by atoms with Gasteiger partial charge in [-0.2, -0.15) is 0 Å². The van der Waals surface area contributed by atoms with Crippen LogP contribution in [0.3, 0.4) is 0 Å². The van der Waals surface area contributed by atoms with E-state index in [1.165, 1.54) is 7.11 Å². The number of hydrogen-bond donors (Lipinski definition) is 1. The van der Waals surface area contributed by atoms with Crippen LogP contribution in [0.4, 0.5) is 5.69 Å². The fourth-order valence-electron chi connectivity index (χ4n) is 1.80. The van der Waals surface area contributed by atoms with Crippen LogP contribution in [0.5, 0.6) is 5.75 Å². The van der Waals surface area contributed by atoms with E-state index in [0.717, 1.165) is 10.6 Å². The van der Waals surface area contributed by atoms with Crippen LogP contribution in [0.2, 0.25) is 5.02 Å². The molecule has 2 rings (SSSR count). The maximum absolute atomic E-state index is 12.4. The number of benzene rings is 2. The third-order valence-electron chi connectivity index (χ3n) is 2.76. The molecule has 0 aliphatic heterocycles. The second-order valence-electron chi connectivity index (χ2n) is 4.00. The molecule has 0 aliphatic rings. The van der Waals surface area contributed by atoms with Crippen molar-refractivity contribution in [1.29, 1.82) is 0 Å². The normalized spacial score (nSPS) is 10.2. The zero-order valence-electron chi connectivity index (χ0n) is 11.1. The van der Waals surface area contributed by atoms with Crippen LogP contribution in [0.1, 0.15) is 10.4 Å². The number of carbonyl (C=O) groups excluding carboxylic acids is 1. The highest BCUT2D eigenvalue weighted by atomic mass is 35.5. The summed E-state index contributed by atoms with van der Waals surface area (Å²) in [5.74, 6) is 0.249. The van der Waals surface area contributed by atoms with Crippen LogP contribution >= 0.6 is 23.4 Å². The Balaban J connectivity index is 2.30. The van der Waals surface area contributed by atoms with E-state index in [-0.39, 0.29) is 5.91 Å². The minimum absolute atomic E-state index is 0.245. The number of methoxy groups -OCH3 is 1. The van der Waals surface area contributed by atoms with Crippen molar-refractivity contribution >= 4 is 35.0 Å². The molecule has 0 atom stereocenters. The van der Waals surface area contributed by atoms with Crippen molar-refractivity contribution in [3.05, 3.63) is 53.1 Å². The van der Waals surface area contributed by atoms with Gasteiger partial charge in [0.2, 0.25) is 0 Å². The van der Waals surface area contributed by atoms with Crippen LogP contribution in [0.25, 0.3) is 0 Å². The predicted octanol–water partition coefficient (Wildman–Crippen LogP) is 4.32. The molecule has 3 nitrogen and oxygen atoms in total. The topological polar surface area (TPSA) is 38.3 Å². The van der Waals surface area contributed by atoms with Crippen LogP contribution in [0, 0.1) is 0 Å². The Kier molecular flexibility index (Phi) is 4.93. The van der Waals surface area contributed by atoms with Crippen molar-refractivity contribution in [2.45, 2.75) is 4.90 Å². The van der Waals surface area contributed by atoms with E-state index in [2.05, 4.69) is 5.32 Å². The molecule has 0 aliphatic carbocycles. The first kappa shape index (κ1) is 14.8. The van der Waals surface area contributed by atoms with E-state index in [1.54, 1.807) is 30.0 Å². The summed E-state index contributed by atoms with van der Waals surface area (Å²) in [6.45, 7) is 0. The molecule has 5 heteroatoms. The Hall–Kier alpha value is -1.65. The summed E-state index contributed by atoms with van der Waals surface area (Å²) in [5.41, 5.74) is 1.18. The number of nitrogens with one attached hydrogen (secondary N) is 1. The molecule has 0 bridgehead atoms. The molecule has 0 unspecified atom stereocenters. The Morgan fingerprint density at radius 2 is 2.00 bits per heavy atom. The van der Waals surface area contributed by atoms with E-state index in [4.69, 9.17) is 16.3 Å². The van der Waals surface area contributed by atoms with Crippen molar-refractivity contribution in [3.8, 4) is 5.75 Å². The van der Waals surface area contributed by atoms with Gasteiger partial charge in [0.15, 0.2) is 0 Å². The molecule has 0 aromatic heterocycles. The molecule has 20 heavy (non-hydrogen) atoms. The van der Waals surface area contributed by atoms with Gasteiger partial charge in [0, 0.05) is 9.92 Å². The van der Waals surface area contributed by atoms with Gasteiger partial charge in [0.1, 0.15) is 5.75 Å². The van der Waals surface area contributed by atoms with Gasteiger partial charge in [-0.1, -0.05) is 23.7 Å². The lowest BCUT2D eigenvalue weighted by atomic mass is 10.2. The van der Waals surface area contributed by atoms with Gasteiger partial charge in [-0.15, -0.1) is 11.8 Å². The quantitative estimate of drug-likeness (QED) is 0.855. The molecule has 1 amide bonds. The molecular formula is C15H14ClNO2S. The van der Waals surface area contributed by atoms with Crippen molar-refractivity contribution in [3.63, 3.8) is 0 Å². The summed E-state index contributed by atoms with van der Waals surface area (Å²) in [6, 6.07) is 12.6. The highest BCUT2D eigenvalue weighted by molar-refractivity contribution is 7.98. The summed E-state index contributed by atoms with van der Waals surface area (Å²) in [4.78, 5) is 13.4. The van der Waals surface area contributed by atoms with E-state index < -0.39 is 0 Å². The number of halogens is 1. The highest BCUT2D eigenvalue weighted by Gasteiger charge is 2.14. The first-order chi connectivity index (χ1) is 9.65. The van der Waals surface area contributed by atoms with Crippen molar-refractivity contribution in [1.82, 2.24) is 0 Å². The van der Waals surface area contributed by atoms with Gasteiger partial charge in [-0.25, -0.2) is 0 Å². The van der Waals surface area contributed by atoms with Gasteiger partial charge in [-0.3, -0.25) is 4.79 Å². The minimum Gasteiger partial charge on any atom is -0.496 e. The largest absolute Gasteiger partial charge is 0.496 e. The van der Waals surface area contributed by atoms with E-state index in [9.17, 15) is 4.79 Å². The summed E-state index contributed by atoms with van der Waals surface area (Å²) >= 11 is 7.51. The molecule has 0 saturated heterocycles. The summed E-state index contributed by atoms with van der Waals surface area (Å²) in [6.07, 6.45) is 1.96. The van der Waals surface area contributed by atoms with Crippen molar-refractivity contribution in [2.75, 3.05) is 18.7 Å². The number of thioether (sulfide) groups is 1. The standard InChI is InChI=1S/C15H14ClNO2S/c1-19-13-8-7-10(16)9-11(13)15(18)17-12-5-3-4-6-14(12)20-2/h3-9H,1-2H3,(H,17,18). The number of hydrogen-bond acceptors (Lipinski definition) is 3. The molecule has 0 heterocycles. The second-order valence-corrected chi connectivity index (χ2v) is 5.28. The third kappa shape index (κ3) is 3.26. The molecule has 0 saturated carbocycles. The van der Waals surface area contributed by atoms with E-state index in [1.807, 2.05) is 30.5 Å². The first-order valence-electron chi connectivity index (χ1n) is 5.93. The maximum atomic E-state index is 12.4. The Bertz CT molecular complexity index is 631. The van der Waals surface area contributed by atoms with Crippen LogP contribution in [-0.2, 0) is 0 Å². The Labute approximate surface area is 127 Å². The minimum atomic E-state index is -0.245. The molecule has 1 N–H and O–H groups in total. The van der Waals surface area contributed by atoms with Gasteiger partial charge in [-0.05, 0) is 36.6 Å². The summed E-state index contributed by atoms with van der Waals surface area (Å²) < 4.78 is 5.19. The molecule has 0 fully saturated rings. The number of ether oxygens (including phenoxy) is 1. The average molecular weight is 308 g/mol. The number of rotatable bonds is 4. The van der Waals surface area contributed by atoms with Gasteiger partial charge in [0.25, 0.3) is 5.91 Å². The molecular weight excluding hydrogens is 294 g/mol. The number of carbonyl (C=O) groups is 1. The molecule has 0 radical (unpaired) electrons. The van der Waals surface area contributed by atoms with Gasteiger partial charge < -0.3 is 10.1 Å². The predicted molar refractivity (Wildman–Crippen MR) is 84.2 cm³/mol. The monoisotopic (exact) mass is 307 g/mol. The fourth-order valence-corrected chi connectivity index (χ4v) is 2.52. The Morgan fingerprint density at radius 1 is 1.25 bits per heavy atom. The number of anilines is 1. The first-order valence-corrected chi connectivity index (χ1v) is 7.54. The van der Waals surface area contributed by atoms with Crippen molar-refractivity contribution < 1.29 is 9.53 Å². The van der Waals surface area contributed by atoms with Crippen LogP contribution in [0.15, 0.2) is 47.4 Å². The molecule has 2 aromatic rings. The zero-order valence-corrected chi connectivity index (χ0v) is 12.7. The van der Waals surface area contributed by atoms with Crippen molar-refractivity contribution in [2.24, 2.45) is 0 Å². The third-order valence-corrected chi connectivity index (χ3v) is 3.79. The van der Waals surface area contributed by atoms with Crippen LogP contribution in [-0.4, -0.2) is 19.3 Å². The summed E-state index contributed by atoms with van der Waals surface area (Å²) in [7, 11) is 1.52. The smallest absolute Gasteiger partial charge is 0.259 e. The molecule has 2 aromatic carbocycles. The SMILES string of the molecule is COc1ccc(Cl)cc1C(=O)Nc1ccccc1SC. The number of para-hydroxylation sites is 1. The average Bonchev–Trinajstić information content (AvgIpc) is 2.47. The lowest BCUT2D eigenvalue weighted by Gasteiger charge is -2.11. The highest BCUT2D eigenvalue weighted by Crippen LogP contribution is 2.27. The molecule has 0 spiro atoms. The van der Waals surface area contributed by atoms with Gasteiger partial charge >= 0.3 is 0 Å². The van der Waals surface area contributed by atoms with E-state index >= 15 is 0 Å².